The van der Waals surface area contributed by atoms with E-state index in [1.807, 2.05) is 26.1 Å². The summed E-state index contributed by atoms with van der Waals surface area (Å²) in [5, 5.41) is 12.5. The van der Waals surface area contributed by atoms with Crippen LogP contribution in [0.5, 0.6) is 0 Å². The molecule has 0 saturated heterocycles. The Labute approximate surface area is 172 Å². The molecule has 0 aliphatic rings. The second-order valence-electron chi connectivity index (χ2n) is 6.04. The molecule has 0 bridgehead atoms. The van der Waals surface area contributed by atoms with E-state index in [1.54, 1.807) is 12.1 Å². The summed E-state index contributed by atoms with van der Waals surface area (Å²) in [6.07, 6.45) is 0. The van der Waals surface area contributed by atoms with Crippen LogP contribution in [0.4, 0.5) is 4.39 Å². The average molecular weight is 471 g/mol. The van der Waals surface area contributed by atoms with Gasteiger partial charge in [0, 0.05) is 25.7 Å². The van der Waals surface area contributed by atoms with Crippen molar-refractivity contribution < 1.29 is 9.50 Å². The van der Waals surface area contributed by atoms with Crippen molar-refractivity contribution in [3.05, 3.63) is 70.5 Å². The Balaban J connectivity index is 0.00000338. The number of aryl methyl sites for hydroxylation is 1. The average Bonchev–Trinajstić information content (AvgIpc) is 2.61. The topological polar surface area (TPSA) is 47.9 Å². The van der Waals surface area contributed by atoms with Gasteiger partial charge in [-0.05, 0) is 42.7 Å². The normalized spacial score (nSPS) is 11.0. The van der Waals surface area contributed by atoms with Crippen LogP contribution < -0.4 is 5.32 Å². The van der Waals surface area contributed by atoms with Gasteiger partial charge in [0.1, 0.15) is 5.82 Å². The van der Waals surface area contributed by atoms with E-state index in [4.69, 9.17) is 0 Å². The lowest BCUT2D eigenvalue weighted by atomic mass is 10.1. The number of hydrogen-bond donors (Lipinski definition) is 2. The highest BCUT2D eigenvalue weighted by Crippen LogP contribution is 2.13. The second kappa shape index (κ2) is 11.1. The third-order valence-corrected chi connectivity index (χ3v) is 4.06. The summed E-state index contributed by atoms with van der Waals surface area (Å²) in [4.78, 5) is 6.71. The fourth-order valence-electron chi connectivity index (χ4n) is 2.60. The van der Waals surface area contributed by atoms with Crippen LogP contribution in [-0.4, -0.2) is 29.6 Å². The van der Waals surface area contributed by atoms with Crippen molar-refractivity contribution in [2.24, 2.45) is 4.99 Å². The number of guanidine groups is 1. The standard InChI is InChI=1S/C20H26FN3O.HI/c1-4-22-20(24(3)13-17-8-6-5-7-15(17)2)23-12-16-9-10-19(21)18(11-16)14-25;/h5-11,25H,4,12-14H2,1-3H3,(H,22,23);1H. The van der Waals surface area contributed by atoms with Crippen molar-refractivity contribution in [2.45, 2.75) is 33.5 Å². The maximum Gasteiger partial charge on any atom is 0.194 e. The number of aliphatic imine (C=N–C) groups is 1. The number of nitrogens with zero attached hydrogens (tertiary/aromatic N) is 2. The zero-order valence-corrected chi connectivity index (χ0v) is 17.8. The summed E-state index contributed by atoms with van der Waals surface area (Å²) < 4.78 is 13.5. The molecule has 0 aromatic heterocycles. The van der Waals surface area contributed by atoms with Crippen LogP contribution in [0.15, 0.2) is 47.5 Å². The Kier molecular flexibility index (Phi) is 9.58. The number of nitrogens with one attached hydrogen (secondary N) is 1. The predicted molar refractivity (Wildman–Crippen MR) is 115 cm³/mol. The van der Waals surface area contributed by atoms with Crippen molar-refractivity contribution in [2.75, 3.05) is 13.6 Å². The van der Waals surface area contributed by atoms with Gasteiger partial charge in [-0.25, -0.2) is 9.38 Å². The molecule has 0 heterocycles. The molecule has 2 aromatic rings. The van der Waals surface area contributed by atoms with Gasteiger partial charge in [-0.15, -0.1) is 24.0 Å². The maximum atomic E-state index is 13.5. The minimum atomic E-state index is -0.390. The molecule has 6 heteroatoms. The van der Waals surface area contributed by atoms with Gasteiger partial charge in [0.05, 0.1) is 13.2 Å². The molecular formula is C20H27FIN3O. The molecule has 0 spiro atoms. The molecule has 26 heavy (non-hydrogen) atoms. The van der Waals surface area contributed by atoms with E-state index in [-0.39, 0.29) is 36.4 Å². The number of aliphatic hydroxyl groups excluding tert-OH is 1. The third kappa shape index (κ3) is 6.25. The molecule has 0 aliphatic carbocycles. The molecule has 142 valence electrons. The number of hydrogen-bond acceptors (Lipinski definition) is 2. The quantitative estimate of drug-likeness (QED) is 0.383. The van der Waals surface area contributed by atoms with Crippen LogP contribution in [-0.2, 0) is 19.7 Å². The van der Waals surface area contributed by atoms with Crippen molar-refractivity contribution in [1.82, 2.24) is 10.2 Å². The largest absolute Gasteiger partial charge is 0.392 e. The molecule has 0 aliphatic heterocycles. The Morgan fingerprint density at radius 3 is 2.58 bits per heavy atom. The molecule has 0 amide bonds. The highest BCUT2D eigenvalue weighted by molar-refractivity contribution is 14.0. The van der Waals surface area contributed by atoms with Crippen LogP contribution in [0, 0.1) is 12.7 Å². The summed E-state index contributed by atoms with van der Waals surface area (Å²) in [7, 11) is 2.00. The Hall–Kier alpha value is -1.67. The van der Waals surface area contributed by atoms with Gasteiger partial charge in [-0.3, -0.25) is 0 Å². The van der Waals surface area contributed by atoms with Crippen molar-refractivity contribution in [3.63, 3.8) is 0 Å². The Bertz CT molecular complexity index is 737. The number of halogens is 2. The van der Waals surface area contributed by atoms with Gasteiger partial charge in [0.2, 0.25) is 0 Å². The first-order chi connectivity index (χ1) is 12.0. The molecule has 0 unspecified atom stereocenters. The van der Waals surface area contributed by atoms with Crippen molar-refractivity contribution in [3.8, 4) is 0 Å². The summed E-state index contributed by atoms with van der Waals surface area (Å²) in [5.41, 5.74) is 3.66. The van der Waals surface area contributed by atoms with Crippen LogP contribution in [0.2, 0.25) is 0 Å². The molecule has 2 N–H and O–H groups in total. The highest BCUT2D eigenvalue weighted by atomic mass is 127. The van der Waals surface area contributed by atoms with Gasteiger partial charge in [-0.2, -0.15) is 0 Å². The van der Waals surface area contributed by atoms with Crippen LogP contribution in [0.25, 0.3) is 0 Å². The lowest BCUT2D eigenvalue weighted by molar-refractivity contribution is 0.275. The zero-order valence-electron chi connectivity index (χ0n) is 15.5. The van der Waals surface area contributed by atoms with E-state index in [0.29, 0.717) is 12.1 Å². The first kappa shape index (κ1) is 22.4. The third-order valence-electron chi connectivity index (χ3n) is 4.06. The Morgan fingerprint density at radius 1 is 1.19 bits per heavy atom. The first-order valence-electron chi connectivity index (χ1n) is 8.47. The highest BCUT2D eigenvalue weighted by Gasteiger charge is 2.08. The molecule has 0 fully saturated rings. The SMILES string of the molecule is CCNC(=NCc1ccc(F)c(CO)c1)N(C)Cc1ccccc1C.I. The summed E-state index contributed by atoms with van der Waals surface area (Å²) in [6, 6.07) is 13.0. The van der Waals surface area contributed by atoms with E-state index in [2.05, 4.69) is 34.3 Å². The monoisotopic (exact) mass is 471 g/mol. The smallest absolute Gasteiger partial charge is 0.194 e. The summed E-state index contributed by atoms with van der Waals surface area (Å²) in [6.45, 7) is 5.76. The summed E-state index contributed by atoms with van der Waals surface area (Å²) >= 11 is 0. The molecule has 2 aromatic carbocycles. The van der Waals surface area contributed by atoms with Gasteiger partial charge in [0.15, 0.2) is 5.96 Å². The van der Waals surface area contributed by atoms with E-state index in [1.165, 1.54) is 17.2 Å². The molecule has 4 nitrogen and oxygen atoms in total. The minimum Gasteiger partial charge on any atom is -0.392 e. The van der Waals surface area contributed by atoms with E-state index in [9.17, 15) is 9.50 Å². The van der Waals surface area contributed by atoms with Gasteiger partial charge < -0.3 is 15.3 Å². The molecular weight excluding hydrogens is 444 g/mol. The lowest BCUT2D eigenvalue weighted by Crippen LogP contribution is -2.38. The van der Waals surface area contributed by atoms with Crippen molar-refractivity contribution >= 4 is 29.9 Å². The number of benzene rings is 2. The van der Waals surface area contributed by atoms with E-state index < -0.39 is 0 Å². The van der Waals surface area contributed by atoms with Gasteiger partial charge in [-0.1, -0.05) is 30.3 Å². The van der Waals surface area contributed by atoms with Crippen molar-refractivity contribution in [1.29, 1.82) is 0 Å². The second-order valence-corrected chi connectivity index (χ2v) is 6.04. The fraction of sp³-hybridized carbons (Fsp3) is 0.350. The molecule has 2 rings (SSSR count). The predicted octanol–water partition coefficient (Wildman–Crippen LogP) is 3.84. The molecule has 0 atom stereocenters. The van der Waals surface area contributed by atoms with Gasteiger partial charge >= 0.3 is 0 Å². The number of rotatable bonds is 6. The first-order valence-corrected chi connectivity index (χ1v) is 8.47. The van der Waals surface area contributed by atoms with Crippen LogP contribution >= 0.6 is 24.0 Å². The molecule has 0 radical (unpaired) electrons. The van der Waals surface area contributed by atoms with Crippen LogP contribution in [0.1, 0.15) is 29.2 Å². The zero-order chi connectivity index (χ0) is 18.2. The van der Waals surface area contributed by atoms with E-state index in [0.717, 1.165) is 24.6 Å². The summed E-state index contributed by atoms with van der Waals surface area (Å²) in [5.74, 6) is 0.402. The number of aliphatic hydroxyl groups is 1. The van der Waals surface area contributed by atoms with Crippen LogP contribution in [0.3, 0.4) is 0 Å². The van der Waals surface area contributed by atoms with Gasteiger partial charge in [0.25, 0.3) is 0 Å². The molecule has 0 saturated carbocycles. The minimum absolute atomic E-state index is 0. The van der Waals surface area contributed by atoms with E-state index >= 15 is 0 Å². The fourth-order valence-corrected chi connectivity index (χ4v) is 2.60. The maximum absolute atomic E-state index is 13.5. The Morgan fingerprint density at radius 2 is 1.92 bits per heavy atom. The lowest BCUT2D eigenvalue weighted by Gasteiger charge is -2.23.